The Labute approximate surface area is 296 Å². The number of anilines is 1. The quantitative estimate of drug-likeness (QED) is 0.237. The Morgan fingerprint density at radius 1 is 1.12 bits per heavy atom. The zero-order valence-electron chi connectivity index (χ0n) is 29.6. The Balaban J connectivity index is 1.19. The number of likely N-dealkylation sites (tertiary alicyclic amines) is 1. The number of fused-ring (bicyclic) bond motifs is 3. The Hall–Kier alpha value is -4.42. The van der Waals surface area contributed by atoms with Crippen LogP contribution in [0.5, 0.6) is 11.6 Å². The fraction of sp³-hybridized carbons (Fsp3) is 0.487. The highest BCUT2D eigenvalue weighted by Gasteiger charge is 2.55. The van der Waals surface area contributed by atoms with Crippen molar-refractivity contribution in [2.75, 3.05) is 38.1 Å². The fourth-order valence-electron chi connectivity index (χ4n) is 8.65. The van der Waals surface area contributed by atoms with Gasteiger partial charge in [-0.25, -0.2) is 18.7 Å². The minimum atomic E-state index is -0.779. The van der Waals surface area contributed by atoms with Gasteiger partial charge >= 0.3 is 0 Å². The Morgan fingerprint density at radius 3 is 2.63 bits per heavy atom. The highest BCUT2D eigenvalue weighted by Crippen LogP contribution is 2.51. The summed E-state index contributed by atoms with van der Waals surface area (Å²) in [5.74, 6) is -0.753. The summed E-state index contributed by atoms with van der Waals surface area (Å²) >= 11 is 0. The average Bonchev–Trinajstić information content (AvgIpc) is 3.63. The molecule has 1 saturated carbocycles. The number of pyridine rings is 1. The molecule has 0 bridgehead atoms. The Kier molecular flexibility index (Phi) is 8.57. The molecule has 0 unspecified atom stereocenters. The van der Waals surface area contributed by atoms with Crippen LogP contribution in [0.4, 0.5) is 14.5 Å². The lowest BCUT2D eigenvalue weighted by Crippen LogP contribution is -2.59. The molecule has 2 aromatic carbocycles. The summed E-state index contributed by atoms with van der Waals surface area (Å²) in [5.41, 5.74) is 4.75. The third kappa shape index (κ3) is 5.67. The summed E-state index contributed by atoms with van der Waals surface area (Å²) in [4.78, 5) is 41.0. The van der Waals surface area contributed by atoms with Gasteiger partial charge in [0.2, 0.25) is 11.8 Å². The molecule has 268 valence electrons. The van der Waals surface area contributed by atoms with Crippen molar-refractivity contribution in [2.24, 2.45) is 0 Å². The molecule has 8 rings (SSSR count). The molecule has 2 aromatic heterocycles. The zero-order chi connectivity index (χ0) is 35.6. The van der Waals surface area contributed by atoms with E-state index in [0.29, 0.717) is 40.8 Å². The molecule has 4 aromatic rings. The highest BCUT2D eigenvalue weighted by atomic mass is 19.1. The summed E-state index contributed by atoms with van der Waals surface area (Å²) in [7, 11) is 1.53. The molecule has 0 radical (unpaired) electrons. The molecular weight excluding hydrogens is 652 g/mol. The van der Waals surface area contributed by atoms with Crippen molar-refractivity contribution in [3.05, 3.63) is 65.2 Å². The summed E-state index contributed by atoms with van der Waals surface area (Å²) in [5, 5.41) is 6.03. The fourth-order valence-corrected chi connectivity index (χ4v) is 8.65. The number of piperidine rings is 2. The molecule has 12 heteroatoms. The number of hydrogen-bond acceptors (Lipinski definition) is 7. The lowest BCUT2D eigenvalue weighted by Gasteiger charge is -2.48. The molecule has 2 saturated heterocycles. The number of aryl methyl sites for hydroxylation is 1. The van der Waals surface area contributed by atoms with Crippen LogP contribution in [0, 0.1) is 12.7 Å². The largest absolute Gasteiger partial charge is 0.434 e. The average molecular weight is 698 g/mol. The molecule has 4 aliphatic rings. The van der Waals surface area contributed by atoms with Crippen LogP contribution in [-0.4, -0.2) is 82.7 Å². The number of carbonyl (C=O) groups excluding carboxylic acids is 2. The first-order valence-electron chi connectivity index (χ1n) is 18.2. The first kappa shape index (κ1) is 33.7. The van der Waals surface area contributed by atoms with Crippen molar-refractivity contribution in [1.82, 2.24) is 30.1 Å². The second kappa shape index (κ2) is 13.0. The predicted molar refractivity (Wildman–Crippen MR) is 192 cm³/mol. The van der Waals surface area contributed by atoms with Crippen LogP contribution in [0.1, 0.15) is 79.9 Å². The van der Waals surface area contributed by atoms with Crippen LogP contribution < -0.4 is 20.3 Å². The first-order chi connectivity index (χ1) is 24.6. The van der Waals surface area contributed by atoms with Gasteiger partial charge in [-0.05, 0) is 114 Å². The molecule has 2 amide bonds. The van der Waals surface area contributed by atoms with E-state index in [1.165, 1.54) is 19.2 Å². The topological polar surface area (TPSA) is 105 Å². The number of nitrogens with zero attached hydrogens (tertiary/aromatic N) is 5. The number of benzene rings is 2. The summed E-state index contributed by atoms with van der Waals surface area (Å²) < 4.78 is 37.9. The smallest absolute Gasteiger partial charge is 0.251 e. The Morgan fingerprint density at radius 2 is 1.90 bits per heavy atom. The standard InChI is InChI=1S/C39H45F2N7O3/c1-22(2)47-21-44-32-19-31(45-37(35(32)47)51-34-18-28(36(49)42-4)23(3)14-30(34)41)24-7-8-29-33(15-24)48(38(50)39(29)9-11-43-12-10-39)27-16-26(17-27)46-13-5-6-25(40)20-46/h7-8,14-15,18-19,21-22,25-27,43H,5-6,9-13,16-17,20H2,1-4H3,(H,42,49)/t25-,26?,27?/m1/s1. The number of amides is 2. The van der Waals surface area contributed by atoms with E-state index < -0.39 is 17.4 Å². The SMILES string of the molecule is CNC(=O)c1cc(Oc2nc(-c3ccc4c(c3)N(C3CC(N5CCC[C@@H](F)C5)C3)C(=O)C43CCNCC3)cc3ncn(C(C)C)c23)c(F)cc1C. The van der Waals surface area contributed by atoms with Crippen molar-refractivity contribution in [3.8, 4) is 22.9 Å². The summed E-state index contributed by atoms with van der Waals surface area (Å²) in [6.07, 6.45) is 5.56. The van der Waals surface area contributed by atoms with Crippen molar-refractivity contribution in [2.45, 2.75) is 89.0 Å². The normalized spacial score (nSPS) is 23.2. The van der Waals surface area contributed by atoms with Gasteiger partial charge in [-0.15, -0.1) is 0 Å². The van der Waals surface area contributed by atoms with Crippen LogP contribution in [0.3, 0.4) is 0 Å². The monoisotopic (exact) mass is 697 g/mol. The van der Waals surface area contributed by atoms with Crippen LogP contribution in [0.2, 0.25) is 0 Å². The third-order valence-corrected chi connectivity index (χ3v) is 11.6. The van der Waals surface area contributed by atoms with Gasteiger partial charge in [-0.2, -0.15) is 0 Å². The number of alkyl halides is 1. The molecular formula is C39H45F2N7O3. The van der Waals surface area contributed by atoms with E-state index >= 15 is 4.39 Å². The highest BCUT2D eigenvalue weighted by molar-refractivity contribution is 6.09. The molecule has 2 N–H and O–H groups in total. The van der Waals surface area contributed by atoms with Crippen molar-refractivity contribution in [1.29, 1.82) is 0 Å². The molecule has 10 nitrogen and oxygen atoms in total. The van der Waals surface area contributed by atoms with Crippen LogP contribution in [0.15, 0.2) is 42.7 Å². The summed E-state index contributed by atoms with van der Waals surface area (Å²) in [6.45, 7) is 8.64. The number of halogens is 2. The third-order valence-electron chi connectivity index (χ3n) is 11.6. The number of carbonyl (C=O) groups is 2. The van der Waals surface area contributed by atoms with E-state index in [1.807, 2.05) is 35.4 Å². The first-order valence-corrected chi connectivity index (χ1v) is 18.2. The molecule has 3 aliphatic heterocycles. The van der Waals surface area contributed by atoms with E-state index in [4.69, 9.17) is 9.72 Å². The van der Waals surface area contributed by atoms with E-state index in [0.717, 1.165) is 68.6 Å². The lowest BCUT2D eigenvalue weighted by molar-refractivity contribution is -0.125. The number of nitrogens with one attached hydrogen (secondary N) is 2. The van der Waals surface area contributed by atoms with Crippen molar-refractivity contribution < 1.29 is 23.1 Å². The maximum absolute atomic E-state index is 15.4. The molecule has 1 atom stereocenters. The van der Waals surface area contributed by atoms with Gasteiger partial charge in [0.15, 0.2) is 11.6 Å². The van der Waals surface area contributed by atoms with Crippen LogP contribution in [-0.2, 0) is 10.2 Å². The minimum absolute atomic E-state index is 0.0158. The maximum atomic E-state index is 15.4. The van der Waals surface area contributed by atoms with E-state index in [-0.39, 0.29) is 41.6 Å². The minimum Gasteiger partial charge on any atom is -0.434 e. The zero-order valence-corrected chi connectivity index (χ0v) is 29.6. The van der Waals surface area contributed by atoms with E-state index in [1.54, 1.807) is 13.3 Å². The number of aromatic nitrogens is 3. The second-order valence-corrected chi connectivity index (χ2v) is 15.0. The Bertz CT molecular complexity index is 2020. The van der Waals surface area contributed by atoms with Crippen LogP contribution in [0.25, 0.3) is 22.3 Å². The molecule has 51 heavy (non-hydrogen) atoms. The van der Waals surface area contributed by atoms with Gasteiger partial charge in [0.25, 0.3) is 5.91 Å². The van der Waals surface area contributed by atoms with E-state index in [2.05, 4.69) is 32.7 Å². The van der Waals surface area contributed by atoms with Gasteiger partial charge in [0.05, 0.1) is 23.0 Å². The second-order valence-electron chi connectivity index (χ2n) is 15.0. The van der Waals surface area contributed by atoms with Gasteiger partial charge in [-0.3, -0.25) is 14.5 Å². The van der Waals surface area contributed by atoms with Gasteiger partial charge < -0.3 is 24.8 Å². The molecule has 1 spiro atoms. The number of imidazole rings is 1. The van der Waals surface area contributed by atoms with Crippen LogP contribution >= 0.6 is 0 Å². The summed E-state index contributed by atoms with van der Waals surface area (Å²) in [6, 6.07) is 11.1. The van der Waals surface area contributed by atoms with Crippen molar-refractivity contribution >= 4 is 28.5 Å². The van der Waals surface area contributed by atoms with Gasteiger partial charge in [0.1, 0.15) is 11.7 Å². The molecule has 5 heterocycles. The lowest BCUT2D eigenvalue weighted by atomic mass is 9.74. The number of hydrogen-bond donors (Lipinski definition) is 2. The molecule has 1 aliphatic carbocycles. The maximum Gasteiger partial charge on any atom is 0.251 e. The van der Waals surface area contributed by atoms with Gasteiger partial charge in [-0.1, -0.05) is 12.1 Å². The number of ether oxygens (including phenoxy) is 1. The number of rotatable bonds is 7. The van der Waals surface area contributed by atoms with Gasteiger partial charge in [0, 0.05) is 48.5 Å². The van der Waals surface area contributed by atoms with Crippen molar-refractivity contribution in [3.63, 3.8) is 0 Å². The predicted octanol–water partition coefficient (Wildman–Crippen LogP) is 6.21. The van der Waals surface area contributed by atoms with E-state index in [9.17, 15) is 14.0 Å². The molecule has 3 fully saturated rings.